The van der Waals surface area contributed by atoms with Crippen LogP contribution in [-0.4, -0.2) is 14.8 Å². The summed E-state index contributed by atoms with van der Waals surface area (Å²) in [7, 11) is 0. The molecule has 0 N–H and O–H groups in total. The third kappa shape index (κ3) is 3.23. The van der Waals surface area contributed by atoms with E-state index in [1.54, 1.807) is 23.9 Å². The first-order valence-electron chi connectivity index (χ1n) is 6.04. The fourth-order valence-corrected chi connectivity index (χ4v) is 2.78. The second-order valence-electron chi connectivity index (χ2n) is 4.24. The van der Waals surface area contributed by atoms with Gasteiger partial charge in [0.05, 0.1) is 0 Å². The molecule has 0 amide bonds. The van der Waals surface area contributed by atoms with Crippen LogP contribution in [0.4, 0.5) is 4.39 Å². The Morgan fingerprint density at radius 2 is 2.05 bits per heavy atom. The van der Waals surface area contributed by atoms with Crippen molar-refractivity contribution in [2.45, 2.75) is 30.8 Å². The van der Waals surface area contributed by atoms with Gasteiger partial charge in [0.2, 0.25) is 0 Å². The number of aromatic nitrogens is 3. The Bertz CT molecular complexity index is 563. The van der Waals surface area contributed by atoms with Crippen molar-refractivity contribution >= 4 is 11.8 Å². The molecule has 0 saturated carbocycles. The van der Waals surface area contributed by atoms with Crippen molar-refractivity contribution < 1.29 is 4.39 Å². The highest BCUT2D eigenvalue weighted by molar-refractivity contribution is 7.99. The van der Waals surface area contributed by atoms with Crippen molar-refractivity contribution in [3.8, 4) is 0 Å². The smallest absolute Gasteiger partial charge is 0.192 e. The summed E-state index contributed by atoms with van der Waals surface area (Å²) >= 11 is 1.61. The Kier molecular flexibility index (Phi) is 4.37. The normalized spacial score (nSPS) is 12.4. The van der Waals surface area contributed by atoms with Gasteiger partial charge in [0.1, 0.15) is 11.6 Å². The zero-order valence-electron chi connectivity index (χ0n) is 11.0. The van der Waals surface area contributed by atoms with Crippen LogP contribution in [0.15, 0.2) is 42.1 Å². The predicted molar refractivity (Wildman–Crippen MR) is 75.6 cm³/mol. The third-order valence-electron chi connectivity index (χ3n) is 2.84. The fourth-order valence-electron chi connectivity index (χ4n) is 1.75. The third-order valence-corrected chi connectivity index (χ3v) is 3.97. The molecule has 0 unspecified atom stereocenters. The minimum absolute atomic E-state index is 0.188. The van der Waals surface area contributed by atoms with E-state index < -0.39 is 0 Å². The van der Waals surface area contributed by atoms with Crippen LogP contribution in [0.3, 0.4) is 0 Å². The summed E-state index contributed by atoms with van der Waals surface area (Å²) in [5.41, 5.74) is 1.07. The van der Waals surface area contributed by atoms with Crippen LogP contribution in [0.1, 0.15) is 23.6 Å². The molecule has 1 heterocycles. The van der Waals surface area contributed by atoms with Crippen molar-refractivity contribution in [2.24, 2.45) is 0 Å². The second kappa shape index (κ2) is 6.02. The van der Waals surface area contributed by atoms with Crippen molar-refractivity contribution in [1.82, 2.24) is 14.8 Å². The van der Waals surface area contributed by atoms with Crippen molar-refractivity contribution in [3.05, 3.63) is 54.1 Å². The highest BCUT2D eigenvalue weighted by Gasteiger charge is 2.14. The highest BCUT2D eigenvalue weighted by atomic mass is 32.2. The number of hydrogen-bond donors (Lipinski definition) is 0. The topological polar surface area (TPSA) is 30.7 Å². The zero-order chi connectivity index (χ0) is 13.8. The molecule has 2 aromatic rings. The van der Waals surface area contributed by atoms with E-state index in [1.807, 2.05) is 17.6 Å². The number of thioether (sulfide) groups is 1. The maximum atomic E-state index is 12.9. The van der Waals surface area contributed by atoms with Crippen molar-refractivity contribution in [3.63, 3.8) is 0 Å². The lowest BCUT2D eigenvalue weighted by atomic mass is 10.2. The fraction of sp³-hybridized carbons (Fsp3) is 0.286. The van der Waals surface area contributed by atoms with Crippen molar-refractivity contribution in [1.29, 1.82) is 0 Å². The molecule has 0 bridgehead atoms. The van der Waals surface area contributed by atoms with E-state index in [4.69, 9.17) is 0 Å². The Morgan fingerprint density at radius 1 is 1.37 bits per heavy atom. The lowest BCUT2D eigenvalue weighted by Crippen LogP contribution is -2.01. The van der Waals surface area contributed by atoms with E-state index in [0.29, 0.717) is 6.54 Å². The van der Waals surface area contributed by atoms with Gasteiger partial charge >= 0.3 is 0 Å². The first-order valence-corrected chi connectivity index (χ1v) is 6.92. The van der Waals surface area contributed by atoms with Gasteiger partial charge in [0, 0.05) is 11.8 Å². The monoisotopic (exact) mass is 277 g/mol. The molecule has 0 radical (unpaired) electrons. The number of halogens is 1. The van der Waals surface area contributed by atoms with E-state index in [2.05, 4.69) is 23.7 Å². The molecular formula is C14H16FN3S. The van der Waals surface area contributed by atoms with E-state index in [1.165, 1.54) is 12.1 Å². The molecular weight excluding hydrogens is 261 g/mol. The predicted octanol–water partition coefficient (Wildman–Crippen LogP) is 3.76. The summed E-state index contributed by atoms with van der Waals surface area (Å²) in [4.78, 5) is 0. The Morgan fingerprint density at radius 3 is 2.68 bits per heavy atom. The molecule has 0 saturated heterocycles. The summed E-state index contributed by atoms with van der Waals surface area (Å²) < 4.78 is 14.9. The average molecular weight is 277 g/mol. The van der Waals surface area contributed by atoms with E-state index in [9.17, 15) is 4.39 Å². The number of rotatable bonds is 5. The molecule has 2 rings (SSSR count). The molecule has 1 aromatic carbocycles. The molecule has 1 atom stereocenters. The van der Waals surface area contributed by atoms with Crippen LogP contribution in [0, 0.1) is 12.7 Å². The van der Waals surface area contributed by atoms with Gasteiger partial charge in [-0.15, -0.1) is 16.8 Å². The molecule has 1 aromatic heterocycles. The van der Waals surface area contributed by atoms with Gasteiger partial charge in [0.15, 0.2) is 5.16 Å². The number of benzene rings is 1. The maximum absolute atomic E-state index is 12.9. The van der Waals surface area contributed by atoms with E-state index in [0.717, 1.165) is 16.5 Å². The Balaban J connectivity index is 2.16. The van der Waals surface area contributed by atoms with Gasteiger partial charge < -0.3 is 4.57 Å². The summed E-state index contributed by atoms with van der Waals surface area (Å²) in [5, 5.41) is 9.30. The number of hydrogen-bond acceptors (Lipinski definition) is 3. The molecule has 0 aliphatic heterocycles. The SMILES string of the molecule is C=CCn1c(C)nnc1S[C@@H](C)c1ccc(F)cc1. The molecule has 0 spiro atoms. The Hall–Kier alpha value is -1.62. The molecule has 0 aliphatic rings. The lowest BCUT2D eigenvalue weighted by Gasteiger charge is -2.12. The molecule has 100 valence electrons. The van der Waals surface area contributed by atoms with Crippen LogP contribution >= 0.6 is 11.8 Å². The van der Waals surface area contributed by atoms with Gasteiger partial charge in [-0.1, -0.05) is 30.0 Å². The quantitative estimate of drug-likeness (QED) is 0.616. The largest absolute Gasteiger partial charge is 0.302 e. The maximum Gasteiger partial charge on any atom is 0.192 e. The van der Waals surface area contributed by atoms with Crippen LogP contribution < -0.4 is 0 Å². The minimum atomic E-state index is -0.216. The van der Waals surface area contributed by atoms with Crippen LogP contribution in [0.2, 0.25) is 0 Å². The first-order chi connectivity index (χ1) is 9.11. The average Bonchev–Trinajstić information content (AvgIpc) is 2.73. The summed E-state index contributed by atoms with van der Waals surface area (Å²) in [6.07, 6.45) is 1.82. The van der Waals surface area contributed by atoms with Gasteiger partial charge in [0.25, 0.3) is 0 Å². The van der Waals surface area contributed by atoms with Crippen LogP contribution in [-0.2, 0) is 6.54 Å². The Labute approximate surface area is 116 Å². The van der Waals surface area contributed by atoms with Crippen LogP contribution in [0.25, 0.3) is 0 Å². The zero-order valence-corrected chi connectivity index (χ0v) is 11.8. The van der Waals surface area contributed by atoms with E-state index in [-0.39, 0.29) is 11.1 Å². The molecule has 0 aliphatic carbocycles. The molecule has 3 nitrogen and oxygen atoms in total. The molecule has 5 heteroatoms. The molecule has 19 heavy (non-hydrogen) atoms. The number of nitrogens with zero attached hydrogens (tertiary/aromatic N) is 3. The van der Waals surface area contributed by atoms with Crippen molar-refractivity contribution in [2.75, 3.05) is 0 Å². The second-order valence-corrected chi connectivity index (χ2v) is 5.55. The van der Waals surface area contributed by atoms with E-state index >= 15 is 0 Å². The minimum Gasteiger partial charge on any atom is -0.302 e. The summed E-state index contributed by atoms with van der Waals surface area (Å²) in [5.74, 6) is 0.653. The first kappa shape index (κ1) is 13.8. The number of allylic oxidation sites excluding steroid dienone is 1. The lowest BCUT2D eigenvalue weighted by molar-refractivity contribution is 0.627. The molecule has 0 fully saturated rings. The van der Waals surface area contributed by atoms with Gasteiger partial charge in [-0.05, 0) is 31.5 Å². The number of aryl methyl sites for hydroxylation is 1. The van der Waals surface area contributed by atoms with Crippen LogP contribution in [0.5, 0.6) is 0 Å². The standard InChI is InChI=1S/C14H16FN3S/c1-4-9-18-11(3)16-17-14(18)19-10(2)12-5-7-13(15)8-6-12/h4-8,10H,1,9H2,2-3H3/t10-/m0/s1. The van der Waals surface area contributed by atoms with Gasteiger partial charge in [-0.2, -0.15) is 0 Å². The van der Waals surface area contributed by atoms with Gasteiger partial charge in [-0.3, -0.25) is 0 Å². The van der Waals surface area contributed by atoms with Gasteiger partial charge in [-0.25, -0.2) is 4.39 Å². The summed E-state index contributed by atoms with van der Waals surface area (Å²) in [6, 6.07) is 6.56. The highest BCUT2D eigenvalue weighted by Crippen LogP contribution is 2.33. The summed E-state index contributed by atoms with van der Waals surface area (Å²) in [6.45, 7) is 8.42.